The summed E-state index contributed by atoms with van der Waals surface area (Å²) in [6.45, 7) is -0.217. The summed E-state index contributed by atoms with van der Waals surface area (Å²) in [5.41, 5.74) is 1.76. The van der Waals surface area contributed by atoms with Crippen LogP contribution < -0.4 is 10.1 Å². The summed E-state index contributed by atoms with van der Waals surface area (Å²) in [5.74, 6) is 0.579. The van der Waals surface area contributed by atoms with Gasteiger partial charge >= 0.3 is 0 Å². The summed E-state index contributed by atoms with van der Waals surface area (Å²) >= 11 is 0. The van der Waals surface area contributed by atoms with Gasteiger partial charge in [-0.25, -0.2) is 9.97 Å². The van der Waals surface area contributed by atoms with E-state index < -0.39 is 0 Å². The number of para-hydroxylation sites is 1. The number of benzene rings is 2. The maximum Gasteiger partial charge on any atom is 0.262 e. The van der Waals surface area contributed by atoms with Crippen LogP contribution in [0.4, 0.5) is 5.69 Å². The summed E-state index contributed by atoms with van der Waals surface area (Å²) in [5, 5.41) is 2.65. The van der Waals surface area contributed by atoms with E-state index in [-0.39, 0.29) is 12.5 Å². The molecule has 6 nitrogen and oxygen atoms in total. The highest BCUT2D eigenvalue weighted by molar-refractivity contribution is 5.91. The van der Waals surface area contributed by atoms with Crippen LogP contribution in [0.15, 0.2) is 67.0 Å². The van der Waals surface area contributed by atoms with Gasteiger partial charge in [0.25, 0.3) is 5.91 Å². The van der Waals surface area contributed by atoms with E-state index in [1.165, 1.54) is 12.4 Å². The minimum atomic E-state index is -0.364. The SMILES string of the molecule is O=Cc1ccccc1OCC(=O)Nc1cnc(-c2ccccc2)nc1. The van der Waals surface area contributed by atoms with Crippen molar-refractivity contribution in [3.05, 3.63) is 72.6 Å². The highest BCUT2D eigenvalue weighted by Crippen LogP contribution is 2.16. The maximum atomic E-state index is 12.0. The zero-order valence-corrected chi connectivity index (χ0v) is 13.3. The molecule has 0 atom stereocenters. The average Bonchev–Trinajstić information content (AvgIpc) is 2.68. The van der Waals surface area contributed by atoms with Crippen LogP contribution in [-0.4, -0.2) is 28.8 Å². The lowest BCUT2D eigenvalue weighted by molar-refractivity contribution is -0.118. The maximum absolute atomic E-state index is 12.0. The van der Waals surface area contributed by atoms with Crippen LogP contribution in [0.3, 0.4) is 0 Å². The first-order chi connectivity index (χ1) is 12.3. The molecular formula is C19H15N3O3. The molecular weight excluding hydrogens is 318 g/mol. The quantitative estimate of drug-likeness (QED) is 0.701. The molecule has 1 amide bonds. The van der Waals surface area contributed by atoms with Crippen molar-refractivity contribution in [1.82, 2.24) is 9.97 Å². The number of ether oxygens (including phenoxy) is 1. The van der Waals surface area contributed by atoms with E-state index in [0.29, 0.717) is 29.1 Å². The number of aromatic nitrogens is 2. The second-order valence-electron chi connectivity index (χ2n) is 5.15. The molecule has 3 rings (SSSR count). The fourth-order valence-corrected chi connectivity index (χ4v) is 2.18. The van der Waals surface area contributed by atoms with E-state index in [2.05, 4.69) is 15.3 Å². The van der Waals surface area contributed by atoms with Gasteiger partial charge in [0, 0.05) is 5.56 Å². The van der Waals surface area contributed by atoms with Crippen LogP contribution in [0.25, 0.3) is 11.4 Å². The monoisotopic (exact) mass is 333 g/mol. The Labute approximate surface area is 144 Å². The van der Waals surface area contributed by atoms with E-state index >= 15 is 0 Å². The molecule has 1 heterocycles. The molecule has 0 aliphatic rings. The van der Waals surface area contributed by atoms with Crippen LogP contribution in [0.2, 0.25) is 0 Å². The van der Waals surface area contributed by atoms with E-state index in [9.17, 15) is 9.59 Å². The number of nitrogens with one attached hydrogen (secondary N) is 1. The Balaban J connectivity index is 1.59. The second kappa shape index (κ2) is 7.83. The molecule has 124 valence electrons. The molecule has 0 saturated carbocycles. The second-order valence-corrected chi connectivity index (χ2v) is 5.15. The van der Waals surface area contributed by atoms with Crippen LogP contribution in [0.5, 0.6) is 5.75 Å². The molecule has 0 bridgehead atoms. The molecule has 2 aromatic carbocycles. The van der Waals surface area contributed by atoms with Crippen LogP contribution in [0, 0.1) is 0 Å². The molecule has 0 unspecified atom stereocenters. The first-order valence-corrected chi connectivity index (χ1v) is 7.60. The zero-order valence-electron chi connectivity index (χ0n) is 13.3. The van der Waals surface area contributed by atoms with E-state index in [0.717, 1.165) is 5.56 Å². The fourth-order valence-electron chi connectivity index (χ4n) is 2.18. The minimum absolute atomic E-state index is 0.217. The van der Waals surface area contributed by atoms with Gasteiger partial charge in [-0.1, -0.05) is 42.5 Å². The number of hydrogen-bond donors (Lipinski definition) is 1. The predicted molar refractivity (Wildman–Crippen MR) is 93.4 cm³/mol. The lowest BCUT2D eigenvalue weighted by Gasteiger charge is -2.09. The summed E-state index contributed by atoms with van der Waals surface area (Å²) in [4.78, 5) is 31.3. The average molecular weight is 333 g/mol. The van der Waals surface area contributed by atoms with Gasteiger partial charge < -0.3 is 10.1 Å². The third-order valence-electron chi connectivity index (χ3n) is 3.37. The molecule has 0 saturated heterocycles. The summed E-state index contributed by atoms with van der Waals surface area (Å²) in [6.07, 6.45) is 3.75. The molecule has 0 aliphatic heterocycles. The van der Waals surface area contributed by atoms with Gasteiger partial charge in [0.1, 0.15) is 5.75 Å². The largest absolute Gasteiger partial charge is 0.483 e. The Hall–Kier alpha value is -3.54. The number of rotatable bonds is 6. The molecule has 0 spiro atoms. The Morgan fingerprint density at radius 2 is 1.68 bits per heavy atom. The molecule has 3 aromatic rings. The first-order valence-electron chi connectivity index (χ1n) is 7.60. The zero-order chi connectivity index (χ0) is 17.5. The number of aldehydes is 1. The number of nitrogens with zero attached hydrogens (tertiary/aromatic N) is 2. The van der Waals surface area contributed by atoms with Gasteiger partial charge in [0.05, 0.1) is 23.6 Å². The summed E-state index contributed by atoms with van der Waals surface area (Å²) in [7, 11) is 0. The van der Waals surface area contributed by atoms with Crippen molar-refractivity contribution < 1.29 is 14.3 Å². The van der Waals surface area contributed by atoms with Crippen molar-refractivity contribution in [3.8, 4) is 17.1 Å². The summed E-state index contributed by atoms with van der Waals surface area (Å²) < 4.78 is 5.37. The smallest absolute Gasteiger partial charge is 0.262 e. The third kappa shape index (κ3) is 4.26. The molecule has 25 heavy (non-hydrogen) atoms. The molecule has 0 radical (unpaired) electrons. The number of amides is 1. The predicted octanol–water partition coefficient (Wildman–Crippen LogP) is 2.97. The molecule has 0 fully saturated rings. The van der Waals surface area contributed by atoms with Crippen molar-refractivity contribution in [2.75, 3.05) is 11.9 Å². The highest BCUT2D eigenvalue weighted by Gasteiger charge is 2.08. The normalized spacial score (nSPS) is 10.1. The van der Waals surface area contributed by atoms with E-state index in [4.69, 9.17) is 4.74 Å². The molecule has 0 aliphatic carbocycles. The Bertz CT molecular complexity index is 865. The van der Waals surface area contributed by atoms with Gasteiger partial charge in [-0.15, -0.1) is 0 Å². The van der Waals surface area contributed by atoms with Crippen molar-refractivity contribution >= 4 is 17.9 Å². The summed E-state index contributed by atoms with van der Waals surface area (Å²) in [6, 6.07) is 16.3. The topological polar surface area (TPSA) is 81.2 Å². The van der Waals surface area contributed by atoms with Gasteiger partial charge in [-0.3, -0.25) is 9.59 Å². The van der Waals surface area contributed by atoms with Gasteiger partial charge in [0.2, 0.25) is 0 Å². The van der Waals surface area contributed by atoms with Crippen LogP contribution >= 0.6 is 0 Å². The number of carbonyl (C=O) groups excluding carboxylic acids is 2. The van der Waals surface area contributed by atoms with E-state index in [1.807, 2.05) is 30.3 Å². The van der Waals surface area contributed by atoms with Gasteiger partial charge in [-0.05, 0) is 12.1 Å². The molecule has 1 aromatic heterocycles. The van der Waals surface area contributed by atoms with Crippen LogP contribution in [0.1, 0.15) is 10.4 Å². The van der Waals surface area contributed by atoms with Gasteiger partial charge in [-0.2, -0.15) is 0 Å². The van der Waals surface area contributed by atoms with Crippen molar-refractivity contribution in [2.24, 2.45) is 0 Å². The van der Waals surface area contributed by atoms with Crippen molar-refractivity contribution in [3.63, 3.8) is 0 Å². The highest BCUT2D eigenvalue weighted by atomic mass is 16.5. The standard InChI is InChI=1S/C19H15N3O3/c23-12-15-8-4-5-9-17(15)25-13-18(24)22-16-10-20-19(21-11-16)14-6-2-1-3-7-14/h1-12H,13H2,(H,22,24). The lowest BCUT2D eigenvalue weighted by Crippen LogP contribution is -2.20. The van der Waals surface area contributed by atoms with Crippen molar-refractivity contribution in [2.45, 2.75) is 0 Å². The minimum Gasteiger partial charge on any atom is -0.483 e. The lowest BCUT2D eigenvalue weighted by atomic mass is 10.2. The van der Waals surface area contributed by atoms with Crippen LogP contribution in [-0.2, 0) is 4.79 Å². The molecule has 1 N–H and O–H groups in total. The Morgan fingerprint density at radius 1 is 1.00 bits per heavy atom. The first kappa shape index (κ1) is 16.3. The van der Waals surface area contributed by atoms with Gasteiger partial charge in [0.15, 0.2) is 18.7 Å². The Morgan fingerprint density at radius 3 is 2.40 bits per heavy atom. The Kier molecular flexibility index (Phi) is 5.11. The number of carbonyl (C=O) groups is 2. The van der Waals surface area contributed by atoms with Crippen molar-refractivity contribution in [1.29, 1.82) is 0 Å². The van der Waals surface area contributed by atoms with E-state index in [1.54, 1.807) is 24.3 Å². The number of anilines is 1. The third-order valence-corrected chi connectivity index (χ3v) is 3.37. The fraction of sp³-hybridized carbons (Fsp3) is 0.0526. The number of hydrogen-bond acceptors (Lipinski definition) is 5. The molecule has 6 heteroatoms.